The minimum atomic E-state index is 0.682. The average molecular weight is 401 g/mol. The molecule has 0 aliphatic heterocycles. The lowest BCUT2D eigenvalue weighted by Crippen LogP contribution is -2.34. The van der Waals surface area contributed by atoms with Gasteiger partial charge in [-0.2, -0.15) is 0 Å². The molecule has 0 fully saturated rings. The fraction of sp³-hybridized carbons (Fsp3) is 0.435. The van der Waals surface area contributed by atoms with E-state index in [2.05, 4.69) is 62.2 Å². The number of rotatable bonds is 9. The third kappa shape index (κ3) is 6.41. The molecule has 4 nitrogen and oxygen atoms in total. The quantitative estimate of drug-likeness (QED) is 0.545. The summed E-state index contributed by atoms with van der Waals surface area (Å²) in [5, 5.41) is 4.13. The maximum Gasteiger partial charge on any atom is 0.173 e. The smallest absolute Gasteiger partial charge is 0.173 e. The number of anilines is 1. The highest BCUT2D eigenvalue weighted by molar-refractivity contribution is 7.80. The normalized spacial score (nSPS) is 10.5. The molecular formula is C23H32N2O2S. The second-order valence-corrected chi connectivity index (χ2v) is 7.45. The lowest BCUT2D eigenvalue weighted by molar-refractivity contribution is 0.293. The molecular weight excluding hydrogens is 368 g/mol. The van der Waals surface area contributed by atoms with Crippen molar-refractivity contribution in [2.24, 2.45) is 0 Å². The van der Waals surface area contributed by atoms with Crippen LogP contribution < -0.4 is 14.8 Å². The van der Waals surface area contributed by atoms with E-state index in [0.717, 1.165) is 53.8 Å². The summed E-state index contributed by atoms with van der Waals surface area (Å²) >= 11 is 5.71. The molecule has 2 aromatic rings. The van der Waals surface area contributed by atoms with Crippen molar-refractivity contribution in [3.05, 3.63) is 53.1 Å². The molecule has 28 heavy (non-hydrogen) atoms. The summed E-state index contributed by atoms with van der Waals surface area (Å²) in [4.78, 5) is 2.19. The number of nitrogens with zero attached hydrogens (tertiary/aromatic N) is 1. The molecule has 0 unspecified atom stereocenters. The maximum atomic E-state index is 5.76. The van der Waals surface area contributed by atoms with E-state index >= 15 is 0 Å². The molecule has 0 atom stereocenters. The lowest BCUT2D eigenvalue weighted by atomic mass is 10.1. The number of methoxy groups -OCH3 is 1. The van der Waals surface area contributed by atoms with Crippen LogP contribution in [-0.4, -0.2) is 30.3 Å². The van der Waals surface area contributed by atoms with E-state index in [1.807, 2.05) is 12.1 Å². The predicted molar refractivity (Wildman–Crippen MR) is 122 cm³/mol. The molecule has 0 aliphatic rings. The van der Waals surface area contributed by atoms with Crippen LogP contribution in [0.2, 0.25) is 0 Å². The summed E-state index contributed by atoms with van der Waals surface area (Å²) in [6.45, 7) is 10.7. The van der Waals surface area contributed by atoms with Gasteiger partial charge in [0.15, 0.2) is 16.6 Å². The number of hydrogen-bond donors (Lipinski definition) is 1. The van der Waals surface area contributed by atoms with Crippen molar-refractivity contribution >= 4 is 23.0 Å². The molecule has 2 aromatic carbocycles. The third-order valence-corrected chi connectivity index (χ3v) is 4.68. The molecule has 0 amide bonds. The number of benzene rings is 2. The monoisotopic (exact) mass is 400 g/mol. The SMILES string of the molecule is CCCOc1ccc(CN(CCC)C(=S)Nc2cc(C)cc(C)c2)cc1OC. The molecule has 0 radical (unpaired) electrons. The van der Waals surface area contributed by atoms with Crippen molar-refractivity contribution in [2.45, 2.75) is 47.1 Å². The Hall–Kier alpha value is -2.27. The van der Waals surface area contributed by atoms with Crippen molar-refractivity contribution in [2.75, 3.05) is 25.6 Å². The molecule has 5 heteroatoms. The van der Waals surface area contributed by atoms with E-state index in [1.165, 1.54) is 11.1 Å². The van der Waals surface area contributed by atoms with E-state index in [4.69, 9.17) is 21.7 Å². The molecule has 152 valence electrons. The van der Waals surface area contributed by atoms with Crippen LogP contribution in [0.5, 0.6) is 11.5 Å². The fourth-order valence-electron chi connectivity index (χ4n) is 3.13. The third-order valence-electron chi connectivity index (χ3n) is 4.32. The largest absolute Gasteiger partial charge is 0.493 e. The van der Waals surface area contributed by atoms with Gasteiger partial charge in [0.05, 0.1) is 13.7 Å². The van der Waals surface area contributed by atoms with E-state index in [9.17, 15) is 0 Å². The van der Waals surface area contributed by atoms with Crippen LogP contribution in [0.25, 0.3) is 0 Å². The van der Waals surface area contributed by atoms with Crippen LogP contribution in [0.4, 0.5) is 5.69 Å². The Labute approximate surface area is 174 Å². The summed E-state index contributed by atoms with van der Waals surface area (Å²) in [6.07, 6.45) is 1.98. The van der Waals surface area contributed by atoms with Crippen LogP contribution in [0.3, 0.4) is 0 Å². The first-order valence-corrected chi connectivity index (χ1v) is 10.3. The lowest BCUT2D eigenvalue weighted by Gasteiger charge is -2.26. The molecule has 0 saturated heterocycles. The summed E-state index contributed by atoms with van der Waals surface area (Å²) < 4.78 is 11.3. The first-order chi connectivity index (χ1) is 13.5. The highest BCUT2D eigenvalue weighted by Gasteiger charge is 2.13. The van der Waals surface area contributed by atoms with Gasteiger partial charge in [-0.1, -0.05) is 26.0 Å². The zero-order valence-electron chi connectivity index (χ0n) is 17.7. The highest BCUT2D eigenvalue weighted by atomic mass is 32.1. The van der Waals surface area contributed by atoms with Gasteiger partial charge < -0.3 is 19.7 Å². The van der Waals surface area contributed by atoms with Crippen LogP contribution in [0, 0.1) is 13.8 Å². The minimum Gasteiger partial charge on any atom is -0.493 e. The Morgan fingerprint density at radius 1 is 1.00 bits per heavy atom. The van der Waals surface area contributed by atoms with Crippen molar-refractivity contribution in [3.8, 4) is 11.5 Å². The summed E-state index contributed by atoms with van der Waals surface area (Å²) in [5.41, 5.74) is 4.61. The van der Waals surface area contributed by atoms with Gasteiger partial charge in [-0.05, 0) is 79.9 Å². The van der Waals surface area contributed by atoms with Crippen molar-refractivity contribution in [3.63, 3.8) is 0 Å². The van der Waals surface area contributed by atoms with E-state index in [0.29, 0.717) is 6.61 Å². The Morgan fingerprint density at radius 3 is 2.32 bits per heavy atom. The molecule has 2 rings (SSSR count). The van der Waals surface area contributed by atoms with E-state index in [-0.39, 0.29) is 0 Å². The minimum absolute atomic E-state index is 0.682. The van der Waals surface area contributed by atoms with Crippen LogP contribution in [-0.2, 0) is 6.54 Å². The first kappa shape index (κ1) is 22.0. The first-order valence-electron chi connectivity index (χ1n) is 9.90. The van der Waals surface area contributed by atoms with Crippen LogP contribution in [0.1, 0.15) is 43.4 Å². The molecule has 0 bridgehead atoms. The maximum absolute atomic E-state index is 5.76. The summed E-state index contributed by atoms with van der Waals surface area (Å²) in [5.74, 6) is 1.54. The molecule has 0 aliphatic carbocycles. The van der Waals surface area contributed by atoms with Gasteiger partial charge >= 0.3 is 0 Å². The molecule has 0 aromatic heterocycles. The van der Waals surface area contributed by atoms with Crippen molar-refractivity contribution < 1.29 is 9.47 Å². The van der Waals surface area contributed by atoms with Crippen molar-refractivity contribution in [1.82, 2.24) is 4.90 Å². The Bertz CT molecular complexity index is 772. The van der Waals surface area contributed by atoms with Gasteiger partial charge in [0, 0.05) is 18.8 Å². The van der Waals surface area contributed by atoms with Crippen LogP contribution in [0.15, 0.2) is 36.4 Å². The molecule has 1 N–H and O–H groups in total. The van der Waals surface area contributed by atoms with Gasteiger partial charge in [0.25, 0.3) is 0 Å². The highest BCUT2D eigenvalue weighted by Crippen LogP contribution is 2.29. The van der Waals surface area contributed by atoms with Gasteiger partial charge in [-0.15, -0.1) is 0 Å². The second-order valence-electron chi connectivity index (χ2n) is 7.06. The van der Waals surface area contributed by atoms with Crippen LogP contribution >= 0.6 is 12.2 Å². The fourth-order valence-corrected chi connectivity index (χ4v) is 3.41. The van der Waals surface area contributed by atoms with E-state index in [1.54, 1.807) is 7.11 Å². The number of aryl methyl sites for hydroxylation is 2. The zero-order valence-corrected chi connectivity index (χ0v) is 18.5. The Balaban J connectivity index is 2.13. The standard InChI is InChI=1S/C23H32N2O2S/c1-6-10-25(23(28)24-20-13-17(3)12-18(4)14-20)16-19-8-9-21(27-11-7-2)22(15-19)26-5/h8-9,12-15H,6-7,10-11,16H2,1-5H3,(H,24,28). The molecule has 0 heterocycles. The Morgan fingerprint density at radius 2 is 1.71 bits per heavy atom. The molecule has 0 saturated carbocycles. The summed E-state index contributed by atoms with van der Waals surface area (Å²) in [6, 6.07) is 12.5. The Kier molecular flexibility index (Phi) is 8.58. The predicted octanol–water partition coefficient (Wildman–Crippen LogP) is 5.71. The van der Waals surface area contributed by atoms with Gasteiger partial charge in [-0.25, -0.2) is 0 Å². The second kappa shape index (κ2) is 10.9. The summed E-state index contributed by atoms with van der Waals surface area (Å²) in [7, 11) is 1.67. The number of thiocarbonyl (C=S) groups is 1. The number of ether oxygens (including phenoxy) is 2. The van der Waals surface area contributed by atoms with Gasteiger partial charge in [0.1, 0.15) is 0 Å². The van der Waals surface area contributed by atoms with E-state index < -0.39 is 0 Å². The zero-order chi connectivity index (χ0) is 20.5. The average Bonchev–Trinajstić information content (AvgIpc) is 2.65. The van der Waals surface area contributed by atoms with Crippen molar-refractivity contribution in [1.29, 1.82) is 0 Å². The van der Waals surface area contributed by atoms with Gasteiger partial charge in [-0.3, -0.25) is 0 Å². The topological polar surface area (TPSA) is 33.7 Å². The number of nitrogens with one attached hydrogen (secondary N) is 1. The molecule has 0 spiro atoms. The number of hydrogen-bond acceptors (Lipinski definition) is 3. The van der Waals surface area contributed by atoms with Gasteiger partial charge in [0.2, 0.25) is 0 Å².